The third kappa shape index (κ3) is 6.35. The second kappa shape index (κ2) is 12.2. The van der Waals surface area contributed by atoms with Gasteiger partial charge in [-0.05, 0) is 50.5 Å². The summed E-state index contributed by atoms with van der Waals surface area (Å²) in [5, 5.41) is 0. The van der Waals surface area contributed by atoms with E-state index in [1.807, 2.05) is 48.5 Å². The van der Waals surface area contributed by atoms with Crippen LogP contribution >= 0.6 is 0 Å². The SMILES string of the molecule is CC(C)(C)OC(=O)N1C(C/C(F)=C\CCN2C(=O)c3ccccc3C2=O)C(=O)OC(c2ccccc2)C1c1ccccc1. The smallest absolute Gasteiger partial charge is 0.411 e. The van der Waals surface area contributed by atoms with Crippen LogP contribution in [-0.4, -0.2) is 51.9 Å². The molecule has 3 amide bonds. The van der Waals surface area contributed by atoms with Gasteiger partial charge in [-0.15, -0.1) is 0 Å². The Kier molecular flexibility index (Phi) is 8.43. The molecule has 2 aliphatic rings. The number of imide groups is 1. The fourth-order valence-corrected chi connectivity index (χ4v) is 5.40. The summed E-state index contributed by atoms with van der Waals surface area (Å²) in [6.45, 7) is 5.11. The third-order valence-corrected chi connectivity index (χ3v) is 7.30. The normalized spacial score (nSPS) is 20.6. The predicted octanol–water partition coefficient (Wildman–Crippen LogP) is 6.56. The van der Waals surface area contributed by atoms with Crippen molar-refractivity contribution in [1.29, 1.82) is 0 Å². The molecule has 0 aliphatic carbocycles. The minimum absolute atomic E-state index is 0.0280. The maximum Gasteiger partial charge on any atom is 0.411 e. The maximum atomic E-state index is 15.5. The van der Waals surface area contributed by atoms with Gasteiger partial charge in [-0.1, -0.05) is 78.9 Å². The first-order chi connectivity index (χ1) is 20.5. The zero-order valence-corrected chi connectivity index (χ0v) is 24.2. The summed E-state index contributed by atoms with van der Waals surface area (Å²) in [5.74, 6) is -2.31. The Morgan fingerprint density at radius 3 is 1.95 bits per heavy atom. The number of nitrogens with zero attached hydrogens (tertiary/aromatic N) is 2. The summed E-state index contributed by atoms with van der Waals surface area (Å²) in [4.78, 5) is 54.9. The molecule has 1 saturated heterocycles. The number of ether oxygens (including phenoxy) is 2. The van der Waals surface area contributed by atoms with Gasteiger partial charge < -0.3 is 9.47 Å². The zero-order chi connectivity index (χ0) is 30.7. The van der Waals surface area contributed by atoms with E-state index in [2.05, 4.69) is 0 Å². The number of hydrogen-bond donors (Lipinski definition) is 0. The number of amides is 3. The molecular formula is C34H33FN2O6. The van der Waals surface area contributed by atoms with Crippen LogP contribution in [0, 0.1) is 0 Å². The van der Waals surface area contributed by atoms with Crippen LogP contribution in [0.3, 0.4) is 0 Å². The fraction of sp³-hybridized carbons (Fsp3) is 0.294. The molecule has 3 atom stereocenters. The Morgan fingerprint density at radius 2 is 1.40 bits per heavy atom. The third-order valence-electron chi connectivity index (χ3n) is 7.30. The molecule has 3 aromatic rings. The Labute approximate surface area is 249 Å². The van der Waals surface area contributed by atoms with E-state index in [0.717, 1.165) is 4.90 Å². The lowest BCUT2D eigenvalue weighted by Crippen LogP contribution is -2.55. The highest BCUT2D eigenvalue weighted by atomic mass is 19.1. The molecule has 0 bridgehead atoms. The number of hydrogen-bond acceptors (Lipinski definition) is 6. The van der Waals surface area contributed by atoms with Crippen molar-refractivity contribution in [2.45, 2.75) is 57.4 Å². The topological polar surface area (TPSA) is 93.2 Å². The number of rotatable bonds is 7. The van der Waals surface area contributed by atoms with E-state index in [0.29, 0.717) is 22.3 Å². The molecule has 0 saturated carbocycles. The summed E-state index contributed by atoms with van der Waals surface area (Å²) in [6, 6.07) is 22.6. The molecule has 2 aliphatic heterocycles. The van der Waals surface area contributed by atoms with Crippen LogP contribution in [0.15, 0.2) is 96.8 Å². The van der Waals surface area contributed by atoms with Crippen LogP contribution in [0.2, 0.25) is 0 Å². The van der Waals surface area contributed by atoms with E-state index in [9.17, 15) is 19.2 Å². The quantitative estimate of drug-likeness (QED) is 0.231. The lowest BCUT2D eigenvalue weighted by Gasteiger charge is -2.45. The van der Waals surface area contributed by atoms with Gasteiger partial charge in [0.15, 0.2) is 6.10 Å². The average molecular weight is 585 g/mol. The van der Waals surface area contributed by atoms with E-state index >= 15 is 4.39 Å². The van der Waals surface area contributed by atoms with Crippen molar-refractivity contribution in [3.63, 3.8) is 0 Å². The number of esters is 1. The lowest BCUT2D eigenvalue weighted by atomic mass is 9.90. The molecule has 0 radical (unpaired) electrons. The van der Waals surface area contributed by atoms with Gasteiger partial charge in [-0.3, -0.25) is 19.4 Å². The fourth-order valence-electron chi connectivity index (χ4n) is 5.40. The Hall–Kier alpha value is -4.79. The average Bonchev–Trinajstić information content (AvgIpc) is 3.22. The van der Waals surface area contributed by atoms with Crippen molar-refractivity contribution in [3.05, 3.63) is 119 Å². The second-order valence-corrected chi connectivity index (χ2v) is 11.5. The molecule has 0 aromatic heterocycles. The largest absolute Gasteiger partial charge is 0.453 e. The Bertz CT molecular complexity index is 1510. The van der Waals surface area contributed by atoms with Crippen LogP contribution in [0.4, 0.5) is 9.18 Å². The van der Waals surface area contributed by atoms with Crippen LogP contribution < -0.4 is 0 Å². The molecule has 222 valence electrons. The molecule has 0 spiro atoms. The van der Waals surface area contributed by atoms with Gasteiger partial charge in [0.1, 0.15) is 17.7 Å². The van der Waals surface area contributed by atoms with Crippen molar-refractivity contribution < 1.29 is 33.0 Å². The molecule has 1 fully saturated rings. The number of carbonyl (C=O) groups is 4. The number of morpholine rings is 1. The van der Waals surface area contributed by atoms with Crippen LogP contribution in [0.1, 0.15) is 77.6 Å². The summed E-state index contributed by atoms with van der Waals surface area (Å²) in [6.07, 6.45) is -0.848. The van der Waals surface area contributed by atoms with Gasteiger partial charge in [-0.25, -0.2) is 14.0 Å². The molecule has 43 heavy (non-hydrogen) atoms. The van der Waals surface area contributed by atoms with Crippen molar-refractivity contribution in [3.8, 4) is 0 Å². The van der Waals surface area contributed by atoms with Gasteiger partial charge >= 0.3 is 12.1 Å². The monoisotopic (exact) mass is 584 g/mol. The van der Waals surface area contributed by atoms with E-state index in [-0.39, 0.29) is 13.0 Å². The molecule has 3 aromatic carbocycles. The lowest BCUT2D eigenvalue weighted by molar-refractivity contribution is -0.174. The highest BCUT2D eigenvalue weighted by Gasteiger charge is 2.49. The van der Waals surface area contributed by atoms with E-state index < -0.39 is 59.9 Å². The van der Waals surface area contributed by atoms with Gasteiger partial charge in [0.05, 0.1) is 17.0 Å². The first-order valence-electron chi connectivity index (χ1n) is 14.2. The summed E-state index contributed by atoms with van der Waals surface area (Å²) >= 11 is 0. The maximum absolute atomic E-state index is 15.5. The van der Waals surface area contributed by atoms with Gasteiger partial charge in [0.2, 0.25) is 0 Å². The minimum atomic E-state index is -1.32. The second-order valence-electron chi connectivity index (χ2n) is 11.5. The van der Waals surface area contributed by atoms with Crippen molar-refractivity contribution in [1.82, 2.24) is 9.80 Å². The first kappa shape index (κ1) is 29.7. The Balaban J connectivity index is 1.42. The zero-order valence-electron chi connectivity index (χ0n) is 24.2. The van der Waals surface area contributed by atoms with E-state index in [4.69, 9.17) is 9.47 Å². The number of cyclic esters (lactones) is 1. The molecule has 0 N–H and O–H groups in total. The predicted molar refractivity (Wildman–Crippen MR) is 157 cm³/mol. The number of fused-ring (bicyclic) bond motifs is 1. The van der Waals surface area contributed by atoms with Crippen LogP contribution in [-0.2, 0) is 14.3 Å². The summed E-state index contributed by atoms with van der Waals surface area (Å²) in [7, 11) is 0. The van der Waals surface area contributed by atoms with Crippen molar-refractivity contribution in [2.75, 3.05) is 6.54 Å². The van der Waals surface area contributed by atoms with Gasteiger partial charge in [0, 0.05) is 13.0 Å². The molecule has 2 heterocycles. The van der Waals surface area contributed by atoms with E-state index in [1.54, 1.807) is 57.2 Å². The number of benzene rings is 3. The Morgan fingerprint density at radius 1 is 0.860 bits per heavy atom. The summed E-state index contributed by atoms with van der Waals surface area (Å²) in [5.41, 5.74) is 1.11. The van der Waals surface area contributed by atoms with Crippen molar-refractivity contribution >= 4 is 23.9 Å². The minimum Gasteiger partial charge on any atom is -0.453 e. The standard InChI is InChI=1S/C34H33FN2O6/c1-34(2,3)43-33(41)37-27(21-24(35)17-12-20-36-30(38)25-18-10-11-19-26(25)31(36)39)32(40)42-29(23-15-8-5-9-16-23)28(37)22-13-6-4-7-14-22/h4-11,13-19,27-29H,12,20-21H2,1-3H3/b24-17+. The molecule has 5 rings (SSSR count). The number of halogens is 1. The summed E-state index contributed by atoms with van der Waals surface area (Å²) < 4.78 is 27.2. The molecule has 8 nitrogen and oxygen atoms in total. The van der Waals surface area contributed by atoms with Crippen LogP contribution in [0.25, 0.3) is 0 Å². The first-order valence-corrected chi connectivity index (χ1v) is 14.2. The van der Waals surface area contributed by atoms with Crippen molar-refractivity contribution in [2.24, 2.45) is 0 Å². The van der Waals surface area contributed by atoms with E-state index in [1.165, 1.54) is 11.0 Å². The molecular weight excluding hydrogens is 551 g/mol. The number of carbonyl (C=O) groups excluding carboxylic acids is 4. The van der Waals surface area contributed by atoms with Crippen LogP contribution in [0.5, 0.6) is 0 Å². The molecule has 3 unspecified atom stereocenters. The molecule has 9 heteroatoms. The highest BCUT2D eigenvalue weighted by molar-refractivity contribution is 6.21. The highest BCUT2D eigenvalue weighted by Crippen LogP contribution is 2.44. The van der Waals surface area contributed by atoms with Gasteiger partial charge in [0.25, 0.3) is 11.8 Å². The van der Waals surface area contributed by atoms with Gasteiger partial charge in [-0.2, -0.15) is 0 Å².